The van der Waals surface area contributed by atoms with E-state index < -0.39 is 0 Å². The number of halogens is 1. The van der Waals surface area contributed by atoms with Gasteiger partial charge in [-0.1, -0.05) is 23.7 Å². The van der Waals surface area contributed by atoms with Crippen molar-refractivity contribution in [3.63, 3.8) is 0 Å². The summed E-state index contributed by atoms with van der Waals surface area (Å²) < 4.78 is 0. The number of hydrogen-bond acceptors (Lipinski definition) is 3. The van der Waals surface area contributed by atoms with Crippen LogP contribution in [0.15, 0.2) is 18.2 Å². The van der Waals surface area contributed by atoms with Gasteiger partial charge in [0, 0.05) is 25.2 Å². The van der Waals surface area contributed by atoms with Gasteiger partial charge in [0.1, 0.15) is 6.54 Å². The first-order valence-corrected chi connectivity index (χ1v) is 6.38. The molecule has 1 fully saturated rings. The smallest absolute Gasteiger partial charge is 0.242 e. The highest BCUT2D eigenvalue weighted by Gasteiger charge is 2.27. The van der Waals surface area contributed by atoms with Crippen molar-refractivity contribution in [3.8, 4) is 0 Å². The van der Waals surface area contributed by atoms with Gasteiger partial charge in [-0.05, 0) is 17.2 Å². The molecule has 0 radical (unpaired) electrons. The van der Waals surface area contributed by atoms with Gasteiger partial charge in [0.25, 0.3) is 0 Å². The fraction of sp³-hybridized carbons (Fsp3) is 0.385. The number of piperazine rings is 1. The zero-order chi connectivity index (χ0) is 14.0. The average molecular weight is 282 g/mol. The summed E-state index contributed by atoms with van der Waals surface area (Å²) in [5.41, 5.74) is 7.30. The van der Waals surface area contributed by atoms with Gasteiger partial charge in [0.15, 0.2) is 0 Å². The summed E-state index contributed by atoms with van der Waals surface area (Å²) in [6, 6.07) is 5.52. The van der Waals surface area contributed by atoms with Gasteiger partial charge in [-0.2, -0.15) is 0 Å². The van der Waals surface area contributed by atoms with E-state index in [1.807, 2.05) is 12.1 Å². The lowest BCUT2D eigenvalue weighted by atomic mass is 10.1. The third kappa shape index (κ3) is 3.05. The summed E-state index contributed by atoms with van der Waals surface area (Å²) >= 11 is 6.15. The fourth-order valence-corrected chi connectivity index (χ4v) is 2.22. The van der Waals surface area contributed by atoms with Crippen LogP contribution in [0.25, 0.3) is 0 Å². The second kappa shape index (κ2) is 5.59. The number of amides is 2. The number of carbonyl (C=O) groups is 2. The molecule has 1 saturated heterocycles. The van der Waals surface area contributed by atoms with Crippen molar-refractivity contribution in [2.75, 3.05) is 20.1 Å². The van der Waals surface area contributed by atoms with E-state index in [9.17, 15) is 9.59 Å². The fourth-order valence-electron chi connectivity index (χ4n) is 1.96. The van der Waals surface area contributed by atoms with Gasteiger partial charge in [0.2, 0.25) is 11.8 Å². The highest BCUT2D eigenvalue weighted by Crippen LogP contribution is 2.20. The number of carbonyl (C=O) groups excluding carboxylic acids is 2. The quantitative estimate of drug-likeness (QED) is 0.882. The van der Waals surface area contributed by atoms with Crippen LogP contribution in [0.5, 0.6) is 0 Å². The molecule has 0 bridgehead atoms. The molecular formula is C13H16ClN3O2. The molecule has 102 valence electrons. The van der Waals surface area contributed by atoms with Crippen molar-refractivity contribution >= 4 is 23.4 Å². The predicted molar refractivity (Wildman–Crippen MR) is 72.4 cm³/mol. The van der Waals surface area contributed by atoms with E-state index in [0.29, 0.717) is 18.1 Å². The molecule has 5 nitrogen and oxygen atoms in total. The standard InChI is InChI=1S/C13H16ClN3O2/c1-16-7-13(19)17(8-12(16)18)6-10-3-2-9(5-15)4-11(10)14/h2-4H,5-8,15H2,1H3. The van der Waals surface area contributed by atoms with E-state index in [4.69, 9.17) is 17.3 Å². The summed E-state index contributed by atoms with van der Waals surface area (Å²) in [5.74, 6) is -0.129. The number of benzene rings is 1. The molecule has 2 rings (SSSR count). The van der Waals surface area contributed by atoms with Crippen molar-refractivity contribution < 1.29 is 9.59 Å². The maximum absolute atomic E-state index is 11.9. The first-order chi connectivity index (χ1) is 9.01. The number of hydrogen-bond donors (Lipinski definition) is 1. The molecule has 2 N–H and O–H groups in total. The lowest BCUT2D eigenvalue weighted by Gasteiger charge is -2.31. The first-order valence-electron chi connectivity index (χ1n) is 6.00. The molecule has 19 heavy (non-hydrogen) atoms. The van der Waals surface area contributed by atoms with Crippen LogP contribution in [0.2, 0.25) is 5.02 Å². The summed E-state index contributed by atoms with van der Waals surface area (Å²) in [7, 11) is 1.63. The second-order valence-corrected chi connectivity index (χ2v) is 5.04. The Hall–Kier alpha value is -1.59. The number of nitrogens with two attached hydrogens (primary N) is 1. The largest absolute Gasteiger partial charge is 0.335 e. The highest BCUT2D eigenvalue weighted by molar-refractivity contribution is 6.31. The van der Waals surface area contributed by atoms with Gasteiger partial charge in [-0.15, -0.1) is 0 Å². The van der Waals surface area contributed by atoms with Crippen LogP contribution in [-0.2, 0) is 22.7 Å². The van der Waals surface area contributed by atoms with Gasteiger partial charge >= 0.3 is 0 Å². The summed E-state index contributed by atoms with van der Waals surface area (Å²) in [6.45, 7) is 0.996. The predicted octanol–water partition coefficient (Wildman–Crippen LogP) is 0.599. The van der Waals surface area contributed by atoms with Gasteiger partial charge in [0.05, 0.1) is 6.54 Å². The van der Waals surface area contributed by atoms with Crippen molar-refractivity contribution in [3.05, 3.63) is 34.3 Å². The van der Waals surface area contributed by atoms with Crippen LogP contribution >= 0.6 is 11.6 Å². The highest BCUT2D eigenvalue weighted by atomic mass is 35.5. The van der Waals surface area contributed by atoms with Crippen LogP contribution in [0.4, 0.5) is 0 Å². The molecule has 2 amide bonds. The van der Waals surface area contributed by atoms with Crippen LogP contribution in [0.1, 0.15) is 11.1 Å². The van der Waals surface area contributed by atoms with Crippen LogP contribution in [0, 0.1) is 0 Å². The summed E-state index contributed by atoms with van der Waals surface area (Å²) in [6.07, 6.45) is 0. The Kier molecular flexibility index (Phi) is 4.07. The molecular weight excluding hydrogens is 266 g/mol. The van der Waals surface area contributed by atoms with E-state index in [-0.39, 0.29) is 24.9 Å². The molecule has 0 spiro atoms. The third-order valence-electron chi connectivity index (χ3n) is 3.19. The van der Waals surface area contributed by atoms with Gasteiger partial charge < -0.3 is 15.5 Å². The minimum Gasteiger partial charge on any atom is -0.335 e. The molecule has 0 saturated carbocycles. The van der Waals surface area contributed by atoms with Crippen molar-refractivity contribution in [1.82, 2.24) is 9.80 Å². The number of likely N-dealkylation sites (N-methyl/N-ethyl adjacent to an activating group) is 1. The average Bonchev–Trinajstić information content (AvgIpc) is 2.38. The molecule has 0 atom stereocenters. The lowest BCUT2D eigenvalue weighted by Crippen LogP contribution is -2.51. The number of nitrogens with zero attached hydrogens (tertiary/aromatic N) is 2. The van der Waals surface area contributed by atoms with E-state index in [1.54, 1.807) is 13.1 Å². The molecule has 0 aliphatic carbocycles. The minimum absolute atomic E-state index is 0.0608. The molecule has 1 aromatic carbocycles. The summed E-state index contributed by atoms with van der Waals surface area (Å²) in [5, 5.41) is 0.571. The Balaban J connectivity index is 2.12. The molecule has 1 aliphatic rings. The van der Waals surface area contributed by atoms with Gasteiger partial charge in [-0.25, -0.2) is 0 Å². The minimum atomic E-state index is -0.0685. The molecule has 1 aromatic rings. The van der Waals surface area contributed by atoms with Crippen molar-refractivity contribution in [2.24, 2.45) is 5.73 Å². The second-order valence-electron chi connectivity index (χ2n) is 4.63. The zero-order valence-corrected chi connectivity index (χ0v) is 11.5. The maximum atomic E-state index is 11.9. The lowest BCUT2D eigenvalue weighted by molar-refractivity contribution is -0.149. The van der Waals surface area contributed by atoms with Crippen LogP contribution < -0.4 is 5.73 Å². The van der Waals surface area contributed by atoms with E-state index in [2.05, 4.69) is 0 Å². The number of rotatable bonds is 3. The monoisotopic (exact) mass is 281 g/mol. The SMILES string of the molecule is CN1CC(=O)N(Cc2ccc(CN)cc2Cl)CC1=O. The molecule has 1 heterocycles. The molecule has 1 aliphatic heterocycles. The Morgan fingerprint density at radius 1 is 1.26 bits per heavy atom. The maximum Gasteiger partial charge on any atom is 0.242 e. The zero-order valence-electron chi connectivity index (χ0n) is 10.7. The van der Waals surface area contributed by atoms with E-state index >= 15 is 0 Å². The van der Waals surface area contributed by atoms with E-state index in [1.165, 1.54) is 9.80 Å². The Morgan fingerprint density at radius 3 is 2.63 bits per heavy atom. The van der Waals surface area contributed by atoms with Crippen molar-refractivity contribution in [2.45, 2.75) is 13.1 Å². The Labute approximate surface area is 116 Å². The van der Waals surface area contributed by atoms with Gasteiger partial charge in [-0.3, -0.25) is 9.59 Å². The Bertz CT molecular complexity index is 519. The molecule has 0 unspecified atom stereocenters. The third-order valence-corrected chi connectivity index (χ3v) is 3.54. The molecule has 0 aromatic heterocycles. The summed E-state index contributed by atoms with van der Waals surface area (Å²) in [4.78, 5) is 26.4. The van der Waals surface area contributed by atoms with Crippen LogP contribution in [0.3, 0.4) is 0 Å². The normalized spacial score (nSPS) is 16.2. The van der Waals surface area contributed by atoms with Crippen LogP contribution in [-0.4, -0.2) is 41.8 Å². The Morgan fingerprint density at radius 2 is 2.00 bits per heavy atom. The molecule has 6 heteroatoms. The van der Waals surface area contributed by atoms with Crippen molar-refractivity contribution in [1.29, 1.82) is 0 Å². The first kappa shape index (κ1) is 13.8. The van der Waals surface area contributed by atoms with E-state index in [0.717, 1.165) is 11.1 Å². The topological polar surface area (TPSA) is 66.6 Å².